The zero-order valence-corrected chi connectivity index (χ0v) is 11.0. The SMILES string of the molecule is CCNCC(=O)Nc1ccccc1Cn1cccn1. The molecule has 2 N–H and O–H groups in total. The zero-order valence-electron chi connectivity index (χ0n) is 11.0. The van der Waals surface area contributed by atoms with Gasteiger partial charge in [0, 0.05) is 18.1 Å². The van der Waals surface area contributed by atoms with E-state index in [1.165, 1.54) is 0 Å². The van der Waals surface area contributed by atoms with Gasteiger partial charge in [-0.1, -0.05) is 25.1 Å². The van der Waals surface area contributed by atoms with Crippen LogP contribution in [0.15, 0.2) is 42.7 Å². The number of carbonyl (C=O) groups is 1. The van der Waals surface area contributed by atoms with Crippen molar-refractivity contribution in [2.75, 3.05) is 18.4 Å². The molecule has 2 aromatic rings. The highest BCUT2D eigenvalue weighted by molar-refractivity contribution is 5.92. The summed E-state index contributed by atoms with van der Waals surface area (Å²) in [7, 11) is 0. The number of rotatable bonds is 6. The summed E-state index contributed by atoms with van der Waals surface area (Å²) in [6.07, 6.45) is 3.64. The molecular weight excluding hydrogens is 240 g/mol. The van der Waals surface area contributed by atoms with Gasteiger partial charge in [-0.05, 0) is 24.2 Å². The second-order valence-corrected chi connectivity index (χ2v) is 4.19. The third-order valence-electron chi connectivity index (χ3n) is 2.72. The molecule has 1 aromatic carbocycles. The normalized spacial score (nSPS) is 10.4. The molecule has 5 heteroatoms. The number of nitrogens with zero attached hydrogens (tertiary/aromatic N) is 2. The Hall–Kier alpha value is -2.14. The van der Waals surface area contributed by atoms with Crippen molar-refractivity contribution in [3.63, 3.8) is 0 Å². The number of anilines is 1. The molecule has 1 heterocycles. The van der Waals surface area contributed by atoms with Gasteiger partial charge >= 0.3 is 0 Å². The van der Waals surface area contributed by atoms with Crippen LogP contribution in [0.25, 0.3) is 0 Å². The average molecular weight is 258 g/mol. The number of para-hydroxylation sites is 1. The summed E-state index contributed by atoms with van der Waals surface area (Å²) < 4.78 is 1.83. The van der Waals surface area contributed by atoms with E-state index >= 15 is 0 Å². The molecule has 0 spiro atoms. The van der Waals surface area contributed by atoms with E-state index in [0.29, 0.717) is 13.1 Å². The van der Waals surface area contributed by atoms with Gasteiger partial charge < -0.3 is 10.6 Å². The van der Waals surface area contributed by atoms with Crippen LogP contribution in [0.3, 0.4) is 0 Å². The quantitative estimate of drug-likeness (QED) is 0.825. The van der Waals surface area contributed by atoms with Crippen LogP contribution in [0.2, 0.25) is 0 Å². The number of amides is 1. The van der Waals surface area contributed by atoms with Gasteiger partial charge in [-0.25, -0.2) is 0 Å². The Morgan fingerprint density at radius 2 is 2.16 bits per heavy atom. The lowest BCUT2D eigenvalue weighted by Crippen LogP contribution is -2.28. The van der Waals surface area contributed by atoms with Crippen LogP contribution in [0, 0.1) is 0 Å². The van der Waals surface area contributed by atoms with Crippen molar-refractivity contribution in [3.05, 3.63) is 48.3 Å². The van der Waals surface area contributed by atoms with Crippen molar-refractivity contribution in [2.24, 2.45) is 0 Å². The zero-order chi connectivity index (χ0) is 13.5. The van der Waals surface area contributed by atoms with Crippen LogP contribution >= 0.6 is 0 Å². The summed E-state index contributed by atoms with van der Waals surface area (Å²) in [6.45, 7) is 3.72. The Kier molecular flexibility index (Phi) is 4.69. The molecule has 0 saturated carbocycles. The summed E-state index contributed by atoms with van der Waals surface area (Å²) in [6, 6.07) is 9.65. The maximum absolute atomic E-state index is 11.7. The highest BCUT2D eigenvalue weighted by Crippen LogP contribution is 2.15. The molecule has 1 aromatic heterocycles. The standard InChI is InChI=1S/C14H18N4O/c1-2-15-10-14(19)17-13-7-4-3-6-12(13)11-18-9-5-8-16-18/h3-9,15H,2,10-11H2,1H3,(H,17,19). The van der Waals surface area contributed by atoms with Crippen LogP contribution in [0.5, 0.6) is 0 Å². The topological polar surface area (TPSA) is 59.0 Å². The first-order valence-electron chi connectivity index (χ1n) is 6.35. The summed E-state index contributed by atoms with van der Waals surface area (Å²) in [5.74, 6) is -0.0326. The fraction of sp³-hybridized carbons (Fsp3) is 0.286. The summed E-state index contributed by atoms with van der Waals surface area (Å²) in [5.41, 5.74) is 1.87. The van der Waals surface area contributed by atoms with Crippen molar-refractivity contribution in [3.8, 4) is 0 Å². The molecule has 5 nitrogen and oxygen atoms in total. The Morgan fingerprint density at radius 3 is 2.89 bits per heavy atom. The van der Waals surface area contributed by atoms with E-state index in [9.17, 15) is 4.79 Å². The number of hydrogen-bond donors (Lipinski definition) is 2. The maximum atomic E-state index is 11.7. The third kappa shape index (κ3) is 3.93. The highest BCUT2D eigenvalue weighted by Gasteiger charge is 2.06. The molecule has 0 aliphatic carbocycles. The van der Waals surface area contributed by atoms with E-state index < -0.39 is 0 Å². The third-order valence-corrected chi connectivity index (χ3v) is 2.72. The van der Waals surface area contributed by atoms with Gasteiger partial charge in [0.2, 0.25) is 5.91 Å². The largest absolute Gasteiger partial charge is 0.325 e. The van der Waals surface area contributed by atoms with Crippen molar-refractivity contribution < 1.29 is 4.79 Å². The summed E-state index contributed by atoms with van der Waals surface area (Å²) in [5, 5.41) is 10.1. The van der Waals surface area contributed by atoms with E-state index in [4.69, 9.17) is 0 Å². The van der Waals surface area contributed by atoms with Gasteiger partial charge in [0.15, 0.2) is 0 Å². The molecular formula is C14H18N4O. The maximum Gasteiger partial charge on any atom is 0.238 e. The number of nitrogens with one attached hydrogen (secondary N) is 2. The predicted octanol–water partition coefficient (Wildman–Crippen LogP) is 1.48. The molecule has 0 aliphatic heterocycles. The molecule has 0 bridgehead atoms. The minimum atomic E-state index is -0.0326. The molecule has 0 atom stereocenters. The van der Waals surface area contributed by atoms with Gasteiger partial charge in [0.25, 0.3) is 0 Å². The van der Waals surface area contributed by atoms with Gasteiger partial charge in [0.1, 0.15) is 0 Å². The van der Waals surface area contributed by atoms with Crippen molar-refractivity contribution in [1.82, 2.24) is 15.1 Å². The lowest BCUT2D eigenvalue weighted by molar-refractivity contribution is -0.115. The van der Waals surface area contributed by atoms with Crippen molar-refractivity contribution in [2.45, 2.75) is 13.5 Å². The van der Waals surface area contributed by atoms with Gasteiger partial charge in [-0.15, -0.1) is 0 Å². The first-order chi connectivity index (χ1) is 9.29. The first-order valence-corrected chi connectivity index (χ1v) is 6.35. The predicted molar refractivity (Wildman–Crippen MR) is 74.9 cm³/mol. The van der Waals surface area contributed by atoms with E-state index in [2.05, 4.69) is 15.7 Å². The van der Waals surface area contributed by atoms with Crippen molar-refractivity contribution >= 4 is 11.6 Å². The minimum Gasteiger partial charge on any atom is -0.325 e. The number of aromatic nitrogens is 2. The first kappa shape index (κ1) is 13.3. The van der Waals surface area contributed by atoms with E-state index in [1.807, 2.05) is 48.1 Å². The molecule has 0 fully saturated rings. The minimum absolute atomic E-state index is 0.0326. The number of carbonyl (C=O) groups excluding carboxylic acids is 1. The Balaban J connectivity index is 2.05. The molecule has 0 aliphatic rings. The Morgan fingerprint density at radius 1 is 1.32 bits per heavy atom. The van der Waals surface area contributed by atoms with Crippen LogP contribution in [-0.4, -0.2) is 28.8 Å². The smallest absolute Gasteiger partial charge is 0.238 e. The van der Waals surface area contributed by atoms with Crippen LogP contribution in [-0.2, 0) is 11.3 Å². The van der Waals surface area contributed by atoms with Gasteiger partial charge in [0.05, 0.1) is 13.1 Å². The molecule has 2 rings (SSSR count). The van der Waals surface area contributed by atoms with Crippen LogP contribution in [0.1, 0.15) is 12.5 Å². The van der Waals surface area contributed by atoms with Crippen LogP contribution in [0.4, 0.5) is 5.69 Å². The second kappa shape index (κ2) is 6.70. The summed E-state index contributed by atoms with van der Waals surface area (Å²) in [4.78, 5) is 11.7. The van der Waals surface area contributed by atoms with Gasteiger partial charge in [-0.2, -0.15) is 5.10 Å². The average Bonchev–Trinajstić information content (AvgIpc) is 2.91. The Labute approximate surface area is 112 Å². The molecule has 0 radical (unpaired) electrons. The monoisotopic (exact) mass is 258 g/mol. The fourth-order valence-corrected chi connectivity index (χ4v) is 1.78. The molecule has 1 amide bonds. The summed E-state index contributed by atoms with van der Waals surface area (Å²) >= 11 is 0. The highest BCUT2D eigenvalue weighted by atomic mass is 16.1. The van der Waals surface area contributed by atoms with E-state index in [1.54, 1.807) is 6.20 Å². The van der Waals surface area contributed by atoms with Gasteiger partial charge in [-0.3, -0.25) is 9.48 Å². The number of hydrogen-bond acceptors (Lipinski definition) is 3. The molecule has 19 heavy (non-hydrogen) atoms. The Bertz CT molecular complexity index is 522. The molecule has 100 valence electrons. The lowest BCUT2D eigenvalue weighted by Gasteiger charge is -2.11. The number of benzene rings is 1. The lowest BCUT2D eigenvalue weighted by atomic mass is 10.1. The fourth-order valence-electron chi connectivity index (χ4n) is 1.78. The van der Waals surface area contributed by atoms with E-state index in [0.717, 1.165) is 17.8 Å². The second-order valence-electron chi connectivity index (χ2n) is 4.19. The number of likely N-dealkylation sites (N-methyl/N-ethyl adjacent to an activating group) is 1. The molecule has 0 unspecified atom stereocenters. The molecule has 0 saturated heterocycles. The van der Waals surface area contributed by atoms with E-state index in [-0.39, 0.29) is 5.91 Å². The van der Waals surface area contributed by atoms with Crippen LogP contribution < -0.4 is 10.6 Å². The van der Waals surface area contributed by atoms with Crippen molar-refractivity contribution in [1.29, 1.82) is 0 Å².